The van der Waals surface area contributed by atoms with E-state index in [1.54, 1.807) is 4.90 Å². The number of carbonyl (C=O) groups is 1. The largest absolute Gasteiger partial charge is 0.444 e. The molecule has 0 saturated heterocycles. The summed E-state index contributed by atoms with van der Waals surface area (Å²) in [6.07, 6.45) is 2.60. The first kappa shape index (κ1) is 21.9. The Labute approximate surface area is 190 Å². The number of amides is 1. The summed E-state index contributed by atoms with van der Waals surface area (Å²) in [5.74, 6) is 0. The molecule has 0 fully saturated rings. The van der Waals surface area contributed by atoms with Crippen molar-refractivity contribution in [2.24, 2.45) is 0 Å². The number of benzene rings is 2. The number of ether oxygens (including phenoxy) is 1. The Balaban J connectivity index is 1.72. The third-order valence-electron chi connectivity index (χ3n) is 5.69. The predicted octanol–water partition coefficient (Wildman–Crippen LogP) is 6.18. The van der Waals surface area contributed by atoms with E-state index in [9.17, 15) is 4.79 Å². The Kier molecular flexibility index (Phi) is 5.92. The molecule has 166 valence electrons. The molecule has 2 aromatic carbocycles. The Morgan fingerprint density at radius 3 is 2.31 bits per heavy atom. The number of hydrogen-bond donors (Lipinski definition) is 0. The van der Waals surface area contributed by atoms with Crippen molar-refractivity contribution in [1.29, 1.82) is 0 Å². The monoisotopic (exact) mass is 429 g/mol. The van der Waals surface area contributed by atoms with Gasteiger partial charge in [0.25, 0.3) is 0 Å². The minimum atomic E-state index is -0.492. The quantitative estimate of drug-likeness (QED) is 0.499. The van der Waals surface area contributed by atoms with Gasteiger partial charge in [-0.2, -0.15) is 5.10 Å². The van der Waals surface area contributed by atoms with Crippen LogP contribution < -0.4 is 0 Å². The number of hydrogen-bond acceptors (Lipinski definition) is 3. The van der Waals surface area contributed by atoms with E-state index < -0.39 is 5.60 Å². The molecule has 5 heteroatoms. The highest BCUT2D eigenvalue weighted by atomic mass is 16.6. The van der Waals surface area contributed by atoms with Gasteiger partial charge in [-0.05, 0) is 64.3 Å². The molecule has 0 saturated carbocycles. The Morgan fingerprint density at radius 2 is 1.69 bits per heavy atom. The van der Waals surface area contributed by atoms with Crippen LogP contribution in [0.2, 0.25) is 0 Å². The zero-order chi connectivity index (χ0) is 22.9. The second-order valence-corrected chi connectivity index (χ2v) is 9.29. The predicted molar refractivity (Wildman–Crippen MR) is 129 cm³/mol. The van der Waals surface area contributed by atoms with Crippen LogP contribution in [0.1, 0.15) is 44.0 Å². The summed E-state index contributed by atoms with van der Waals surface area (Å²) in [5, 5.41) is 5.06. The molecule has 0 bridgehead atoms. The van der Waals surface area contributed by atoms with Crippen molar-refractivity contribution in [3.05, 3.63) is 77.5 Å². The molecule has 1 aliphatic heterocycles. The lowest BCUT2D eigenvalue weighted by atomic mass is 9.97. The molecule has 5 nitrogen and oxygen atoms in total. The average Bonchev–Trinajstić information content (AvgIpc) is 3.10. The van der Waals surface area contributed by atoms with Crippen molar-refractivity contribution in [3.63, 3.8) is 0 Å². The summed E-state index contributed by atoms with van der Waals surface area (Å²) in [6.45, 7) is 11.1. The number of para-hydroxylation sites is 1. The van der Waals surface area contributed by atoms with Crippen molar-refractivity contribution >= 4 is 11.7 Å². The fourth-order valence-corrected chi connectivity index (χ4v) is 4.09. The Hall–Kier alpha value is -3.34. The van der Waals surface area contributed by atoms with Crippen LogP contribution >= 0.6 is 0 Å². The van der Waals surface area contributed by atoms with E-state index in [1.807, 2.05) is 43.7 Å². The van der Waals surface area contributed by atoms with Crippen LogP contribution in [0.3, 0.4) is 0 Å². The summed E-state index contributed by atoms with van der Waals surface area (Å²) in [7, 11) is 0. The Bertz CT molecular complexity index is 1150. The zero-order valence-corrected chi connectivity index (χ0v) is 19.6. The molecule has 1 amide bonds. The number of aromatic nitrogens is 2. The lowest BCUT2D eigenvalue weighted by Gasteiger charge is -2.29. The van der Waals surface area contributed by atoms with E-state index in [-0.39, 0.29) is 6.09 Å². The third kappa shape index (κ3) is 4.47. The highest BCUT2D eigenvalue weighted by Crippen LogP contribution is 2.35. The highest BCUT2D eigenvalue weighted by Gasteiger charge is 2.26. The molecule has 0 radical (unpaired) electrons. The second kappa shape index (κ2) is 8.65. The molecule has 3 aromatic rings. The molecular weight excluding hydrogens is 398 g/mol. The molecule has 32 heavy (non-hydrogen) atoms. The van der Waals surface area contributed by atoms with E-state index in [0.29, 0.717) is 13.1 Å². The molecule has 0 spiro atoms. The van der Waals surface area contributed by atoms with Crippen LogP contribution in [-0.4, -0.2) is 39.5 Å². The van der Waals surface area contributed by atoms with Crippen molar-refractivity contribution in [2.45, 2.75) is 46.6 Å². The van der Waals surface area contributed by atoms with E-state index >= 15 is 0 Å². The standard InChI is InChI=1S/C27H31N3O2/c1-19-11-9-10-14-23(19)25-20(2)24(28-30(25)22-12-7-6-8-13-22)21-15-17-29(18-16-21)26(31)32-27(3,4)5/h6-15H,16-18H2,1-5H3. The van der Waals surface area contributed by atoms with Gasteiger partial charge in [-0.3, -0.25) is 0 Å². The van der Waals surface area contributed by atoms with Crippen molar-refractivity contribution in [1.82, 2.24) is 14.7 Å². The summed E-state index contributed by atoms with van der Waals surface area (Å²) >= 11 is 0. The topological polar surface area (TPSA) is 47.4 Å². The van der Waals surface area contributed by atoms with Gasteiger partial charge in [-0.15, -0.1) is 0 Å². The normalized spacial score (nSPS) is 14.3. The van der Waals surface area contributed by atoms with Crippen LogP contribution in [0, 0.1) is 13.8 Å². The van der Waals surface area contributed by atoms with Gasteiger partial charge in [-0.1, -0.05) is 48.5 Å². The maximum Gasteiger partial charge on any atom is 0.410 e. The number of carbonyl (C=O) groups excluding carboxylic acids is 1. The van der Waals surface area contributed by atoms with Gasteiger partial charge in [0, 0.05) is 24.2 Å². The van der Waals surface area contributed by atoms with Gasteiger partial charge in [0.05, 0.1) is 17.1 Å². The Morgan fingerprint density at radius 1 is 1.00 bits per heavy atom. The minimum absolute atomic E-state index is 0.264. The summed E-state index contributed by atoms with van der Waals surface area (Å²) < 4.78 is 7.58. The van der Waals surface area contributed by atoms with E-state index in [0.717, 1.165) is 29.1 Å². The van der Waals surface area contributed by atoms with Crippen LogP contribution in [0.5, 0.6) is 0 Å². The molecule has 1 aromatic heterocycles. The fraction of sp³-hybridized carbons (Fsp3) is 0.333. The lowest BCUT2D eigenvalue weighted by molar-refractivity contribution is 0.0270. The maximum absolute atomic E-state index is 12.4. The maximum atomic E-state index is 12.4. The molecule has 0 atom stereocenters. The number of rotatable bonds is 3. The SMILES string of the molecule is Cc1ccccc1-c1c(C)c(C2=CCN(C(=O)OC(C)(C)C)CC2)nn1-c1ccccc1. The summed E-state index contributed by atoms with van der Waals surface area (Å²) in [4.78, 5) is 14.2. The van der Waals surface area contributed by atoms with Crippen molar-refractivity contribution < 1.29 is 9.53 Å². The average molecular weight is 430 g/mol. The van der Waals surface area contributed by atoms with E-state index in [1.165, 1.54) is 16.7 Å². The molecule has 0 N–H and O–H groups in total. The molecule has 0 aliphatic carbocycles. The molecule has 0 unspecified atom stereocenters. The molecule has 1 aliphatic rings. The smallest absolute Gasteiger partial charge is 0.410 e. The van der Waals surface area contributed by atoms with Gasteiger partial charge in [0.1, 0.15) is 5.60 Å². The van der Waals surface area contributed by atoms with E-state index in [4.69, 9.17) is 9.84 Å². The van der Waals surface area contributed by atoms with Gasteiger partial charge >= 0.3 is 6.09 Å². The molecule has 4 rings (SSSR count). The van der Waals surface area contributed by atoms with Crippen LogP contribution in [0.15, 0.2) is 60.7 Å². The third-order valence-corrected chi connectivity index (χ3v) is 5.69. The van der Waals surface area contributed by atoms with Crippen LogP contribution in [0.25, 0.3) is 22.5 Å². The molecule has 2 heterocycles. The second-order valence-electron chi connectivity index (χ2n) is 9.29. The zero-order valence-electron chi connectivity index (χ0n) is 19.6. The minimum Gasteiger partial charge on any atom is -0.444 e. The lowest BCUT2D eigenvalue weighted by Crippen LogP contribution is -2.39. The highest BCUT2D eigenvalue weighted by molar-refractivity contribution is 5.78. The molecular formula is C27H31N3O2. The first-order valence-corrected chi connectivity index (χ1v) is 11.1. The van der Waals surface area contributed by atoms with Crippen LogP contribution in [-0.2, 0) is 4.74 Å². The van der Waals surface area contributed by atoms with Crippen LogP contribution in [0.4, 0.5) is 4.79 Å². The number of nitrogens with zero attached hydrogens (tertiary/aromatic N) is 3. The van der Waals surface area contributed by atoms with Crippen molar-refractivity contribution in [2.75, 3.05) is 13.1 Å². The fourth-order valence-electron chi connectivity index (χ4n) is 4.09. The van der Waals surface area contributed by atoms with Gasteiger partial charge in [0.15, 0.2) is 0 Å². The summed E-state index contributed by atoms with van der Waals surface area (Å²) in [5.41, 5.74) is 7.37. The number of aryl methyl sites for hydroxylation is 1. The first-order chi connectivity index (χ1) is 15.2. The van der Waals surface area contributed by atoms with E-state index in [2.05, 4.69) is 56.3 Å². The van der Waals surface area contributed by atoms with Gasteiger partial charge < -0.3 is 9.64 Å². The van der Waals surface area contributed by atoms with Gasteiger partial charge in [0.2, 0.25) is 0 Å². The first-order valence-electron chi connectivity index (χ1n) is 11.1. The van der Waals surface area contributed by atoms with Gasteiger partial charge in [-0.25, -0.2) is 9.48 Å². The summed E-state index contributed by atoms with van der Waals surface area (Å²) in [6, 6.07) is 18.7. The van der Waals surface area contributed by atoms with Crippen molar-refractivity contribution in [3.8, 4) is 16.9 Å².